The predicted octanol–water partition coefficient (Wildman–Crippen LogP) is 2.68. The van der Waals surface area contributed by atoms with Gasteiger partial charge in [0, 0.05) is 31.8 Å². The highest BCUT2D eigenvalue weighted by Gasteiger charge is 2.33. The van der Waals surface area contributed by atoms with Gasteiger partial charge in [0.25, 0.3) is 5.91 Å². The standard InChI is InChI=1S/C21H21F3N6O2/c1-3-29(2)20-14(12-26-30(20)16-7-5-4-6-8-16)11-15(13-31)27-19(32)18-25-10-9-17(28-18)21(22,23)24/h4-10,12-13,15H,3,11H2,1-2H3,(H,27,32). The summed E-state index contributed by atoms with van der Waals surface area (Å²) in [5, 5.41) is 6.80. The fourth-order valence-electron chi connectivity index (χ4n) is 3.06. The van der Waals surface area contributed by atoms with Gasteiger partial charge in [0.05, 0.1) is 17.9 Å². The maximum Gasteiger partial charge on any atom is 0.433 e. The van der Waals surface area contributed by atoms with Crippen LogP contribution in [-0.2, 0) is 17.4 Å². The first-order chi connectivity index (χ1) is 15.2. The number of hydrogen-bond donors (Lipinski definition) is 1. The predicted molar refractivity (Wildman–Crippen MR) is 111 cm³/mol. The number of nitrogens with one attached hydrogen (secondary N) is 1. The molecule has 32 heavy (non-hydrogen) atoms. The van der Waals surface area contributed by atoms with Gasteiger partial charge >= 0.3 is 6.18 Å². The van der Waals surface area contributed by atoms with Crippen molar-refractivity contribution in [3.8, 4) is 5.69 Å². The molecule has 8 nitrogen and oxygen atoms in total. The van der Waals surface area contributed by atoms with Gasteiger partial charge in [0.2, 0.25) is 5.82 Å². The number of carbonyl (C=O) groups excluding carboxylic acids is 2. The van der Waals surface area contributed by atoms with Crippen molar-refractivity contribution in [2.24, 2.45) is 0 Å². The van der Waals surface area contributed by atoms with Crippen LogP contribution in [0.25, 0.3) is 5.69 Å². The Morgan fingerprint density at radius 3 is 2.59 bits per heavy atom. The van der Waals surface area contributed by atoms with E-state index < -0.39 is 29.6 Å². The van der Waals surface area contributed by atoms with E-state index in [1.807, 2.05) is 49.2 Å². The van der Waals surface area contributed by atoms with Crippen molar-refractivity contribution in [3.05, 3.63) is 65.9 Å². The van der Waals surface area contributed by atoms with Crippen LogP contribution in [0.15, 0.2) is 48.8 Å². The highest BCUT2D eigenvalue weighted by molar-refractivity contribution is 5.92. The number of anilines is 1. The van der Waals surface area contributed by atoms with Crippen LogP contribution in [0.4, 0.5) is 19.0 Å². The summed E-state index contributed by atoms with van der Waals surface area (Å²) in [5.41, 5.74) is 0.259. The number of para-hydroxylation sites is 1. The summed E-state index contributed by atoms with van der Waals surface area (Å²) in [4.78, 5) is 32.8. The number of aromatic nitrogens is 4. The molecule has 0 bridgehead atoms. The monoisotopic (exact) mass is 446 g/mol. The highest BCUT2D eigenvalue weighted by Crippen LogP contribution is 2.27. The van der Waals surface area contributed by atoms with Gasteiger partial charge in [-0.05, 0) is 25.1 Å². The van der Waals surface area contributed by atoms with Gasteiger partial charge in [-0.25, -0.2) is 14.6 Å². The van der Waals surface area contributed by atoms with Gasteiger partial charge in [-0.2, -0.15) is 18.3 Å². The third-order valence-electron chi connectivity index (χ3n) is 4.72. The molecule has 3 aromatic rings. The van der Waals surface area contributed by atoms with Crippen molar-refractivity contribution >= 4 is 18.0 Å². The van der Waals surface area contributed by atoms with Crippen LogP contribution in [0, 0.1) is 0 Å². The summed E-state index contributed by atoms with van der Waals surface area (Å²) in [6.07, 6.45) is -1.67. The number of amides is 1. The third-order valence-corrected chi connectivity index (χ3v) is 4.72. The molecule has 0 saturated carbocycles. The largest absolute Gasteiger partial charge is 0.433 e. The van der Waals surface area contributed by atoms with E-state index in [2.05, 4.69) is 20.4 Å². The van der Waals surface area contributed by atoms with Gasteiger partial charge in [-0.1, -0.05) is 18.2 Å². The Morgan fingerprint density at radius 2 is 1.97 bits per heavy atom. The van der Waals surface area contributed by atoms with Crippen LogP contribution in [0.5, 0.6) is 0 Å². The third kappa shape index (κ3) is 5.10. The number of rotatable bonds is 8. The van der Waals surface area contributed by atoms with Gasteiger partial charge < -0.3 is 15.0 Å². The van der Waals surface area contributed by atoms with E-state index in [0.29, 0.717) is 24.5 Å². The molecule has 1 unspecified atom stereocenters. The molecule has 2 aromatic heterocycles. The van der Waals surface area contributed by atoms with E-state index >= 15 is 0 Å². The average Bonchev–Trinajstić information content (AvgIpc) is 3.21. The number of aldehydes is 1. The molecule has 1 aromatic carbocycles. The van der Waals surface area contributed by atoms with E-state index in [9.17, 15) is 22.8 Å². The molecule has 0 radical (unpaired) electrons. The SMILES string of the molecule is CCN(C)c1c(CC(C=O)NC(=O)c2nccc(C(F)(F)F)n2)cnn1-c1ccccc1. The number of halogens is 3. The Bertz CT molecular complexity index is 1080. The van der Waals surface area contributed by atoms with Gasteiger partial charge in [0.15, 0.2) is 0 Å². The molecule has 1 N–H and O–H groups in total. The Labute approximate surface area is 182 Å². The van der Waals surface area contributed by atoms with Crippen LogP contribution < -0.4 is 10.2 Å². The van der Waals surface area contributed by atoms with Crippen LogP contribution >= 0.6 is 0 Å². The number of carbonyl (C=O) groups is 2. The van der Waals surface area contributed by atoms with Crippen molar-refractivity contribution in [2.45, 2.75) is 25.6 Å². The molecule has 0 aliphatic carbocycles. The fraction of sp³-hybridized carbons (Fsp3) is 0.286. The minimum Gasteiger partial charge on any atom is -0.360 e. The lowest BCUT2D eigenvalue weighted by molar-refractivity contribution is -0.141. The quantitative estimate of drug-likeness (QED) is 0.535. The molecule has 0 aliphatic rings. The number of hydrogen-bond acceptors (Lipinski definition) is 6. The Balaban J connectivity index is 1.84. The molecular weight excluding hydrogens is 425 g/mol. The molecule has 168 valence electrons. The van der Waals surface area contributed by atoms with Crippen LogP contribution in [0.3, 0.4) is 0 Å². The number of nitrogens with zero attached hydrogens (tertiary/aromatic N) is 5. The van der Waals surface area contributed by atoms with E-state index in [1.165, 1.54) is 0 Å². The molecule has 0 fully saturated rings. The van der Waals surface area contributed by atoms with Crippen molar-refractivity contribution in [1.82, 2.24) is 25.1 Å². The summed E-state index contributed by atoms with van der Waals surface area (Å²) in [6, 6.07) is 9.04. The van der Waals surface area contributed by atoms with E-state index in [1.54, 1.807) is 10.9 Å². The minimum atomic E-state index is -4.71. The summed E-state index contributed by atoms with van der Waals surface area (Å²) < 4.78 is 40.3. The topological polar surface area (TPSA) is 93.0 Å². The first-order valence-electron chi connectivity index (χ1n) is 9.74. The summed E-state index contributed by atoms with van der Waals surface area (Å²) in [5.74, 6) is -0.915. The Morgan fingerprint density at radius 1 is 1.25 bits per heavy atom. The van der Waals surface area contributed by atoms with Crippen LogP contribution in [0.2, 0.25) is 0 Å². The van der Waals surface area contributed by atoms with Crippen molar-refractivity contribution in [2.75, 3.05) is 18.5 Å². The van der Waals surface area contributed by atoms with Gasteiger partial charge in [0.1, 0.15) is 17.8 Å². The average molecular weight is 446 g/mol. The second kappa shape index (κ2) is 9.58. The molecule has 0 spiro atoms. The van der Waals surface area contributed by atoms with Gasteiger partial charge in [-0.15, -0.1) is 0 Å². The Kier molecular flexibility index (Phi) is 6.86. The zero-order valence-electron chi connectivity index (χ0n) is 17.4. The van der Waals surface area contributed by atoms with E-state index in [0.717, 1.165) is 17.7 Å². The Hall–Kier alpha value is -3.76. The molecule has 11 heteroatoms. The second-order valence-corrected chi connectivity index (χ2v) is 6.94. The van der Waals surface area contributed by atoms with Gasteiger partial charge in [-0.3, -0.25) is 4.79 Å². The van der Waals surface area contributed by atoms with Crippen LogP contribution in [0.1, 0.15) is 28.8 Å². The van der Waals surface area contributed by atoms with E-state index in [-0.39, 0.29) is 6.42 Å². The molecule has 2 heterocycles. The molecule has 0 aliphatic heterocycles. The van der Waals surface area contributed by atoms with Crippen molar-refractivity contribution < 1.29 is 22.8 Å². The number of alkyl halides is 3. The zero-order valence-corrected chi connectivity index (χ0v) is 17.4. The first-order valence-corrected chi connectivity index (χ1v) is 9.74. The summed E-state index contributed by atoms with van der Waals surface area (Å²) in [7, 11) is 1.87. The lowest BCUT2D eigenvalue weighted by Crippen LogP contribution is -2.39. The first kappa shape index (κ1) is 22.9. The normalized spacial score (nSPS) is 12.3. The van der Waals surface area contributed by atoms with Crippen molar-refractivity contribution in [3.63, 3.8) is 0 Å². The maximum absolute atomic E-state index is 12.9. The summed E-state index contributed by atoms with van der Waals surface area (Å²) >= 11 is 0. The lowest BCUT2D eigenvalue weighted by atomic mass is 10.1. The molecule has 3 rings (SSSR count). The molecule has 1 amide bonds. The van der Waals surface area contributed by atoms with E-state index in [4.69, 9.17) is 0 Å². The molecule has 1 atom stereocenters. The highest BCUT2D eigenvalue weighted by atomic mass is 19.4. The molecular formula is C21H21F3N6O2. The second-order valence-electron chi connectivity index (χ2n) is 6.94. The zero-order chi connectivity index (χ0) is 23.3. The fourth-order valence-corrected chi connectivity index (χ4v) is 3.06. The molecule has 0 saturated heterocycles. The minimum absolute atomic E-state index is 0.0840. The maximum atomic E-state index is 12.9. The number of benzene rings is 1. The van der Waals surface area contributed by atoms with Crippen LogP contribution in [-0.4, -0.2) is 51.6 Å². The summed E-state index contributed by atoms with van der Waals surface area (Å²) in [6.45, 7) is 2.61. The van der Waals surface area contributed by atoms with Crippen molar-refractivity contribution in [1.29, 1.82) is 0 Å². The smallest absolute Gasteiger partial charge is 0.360 e. The lowest BCUT2D eigenvalue weighted by Gasteiger charge is -2.21.